The van der Waals surface area contributed by atoms with Gasteiger partial charge in [-0.3, -0.25) is 0 Å². The van der Waals surface area contributed by atoms with Crippen molar-refractivity contribution in [1.29, 1.82) is 0 Å². The van der Waals surface area contributed by atoms with E-state index in [1.807, 2.05) is 6.92 Å². The van der Waals surface area contributed by atoms with Crippen LogP contribution < -0.4 is 5.32 Å². The Kier molecular flexibility index (Phi) is 8.02. The van der Waals surface area contributed by atoms with Crippen LogP contribution in [0.25, 0.3) is 0 Å². The summed E-state index contributed by atoms with van der Waals surface area (Å²) in [6.45, 7) is 8.65. The predicted molar refractivity (Wildman–Crippen MR) is 64.1 cm³/mol. The van der Waals surface area contributed by atoms with Gasteiger partial charge in [-0.2, -0.15) is 0 Å². The number of nitrogens with one attached hydrogen (secondary N) is 1. The average molecular weight is 217 g/mol. The van der Waals surface area contributed by atoms with Gasteiger partial charge in [0, 0.05) is 13.7 Å². The molecule has 0 aromatic carbocycles. The molecule has 2 N–H and O–H groups in total. The molecule has 0 radical (unpaired) electrons. The predicted octanol–water partition coefficient (Wildman–Crippen LogP) is 1.80. The van der Waals surface area contributed by atoms with Gasteiger partial charge in [0.05, 0.1) is 12.2 Å². The van der Waals surface area contributed by atoms with E-state index in [1.54, 1.807) is 7.11 Å². The monoisotopic (exact) mass is 217 g/mol. The molecule has 0 aromatic heterocycles. The highest BCUT2D eigenvalue weighted by Gasteiger charge is 2.26. The van der Waals surface area contributed by atoms with Crippen molar-refractivity contribution in [3.63, 3.8) is 0 Å². The van der Waals surface area contributed by atoms with Crippen LogP contribution in [-0.2, 0) is 4.74 Å². The number of hydrogen-bond acceptors (Lipinski definition) is 3. The SMILES string of the molecule is CCCC(C)C(C)(O)CCNCCOC. The normalized spacial score (nSPS) is 17.4. The van der Waals surface area contributed by atoms with E-state index in [-0.39, 0.29) is 0 Å². The van der Waals surface area contributed by atoms with Gasteiger partial charge >= 0.3 is 0 Å². The molecule has 0 aromatic rings. The molecular weight excluding hydrogens is 190 g/mol. The van der Waals surface area contributed by atoms with Gasteiger partial charge in [-0.05, 0) is 32.2 Å². The van der Waals surface area contributed by atoms with Crippen LogP contribution in [0.15, 0.2) is 0 Å². The molecule has 0 saturated carbocycles. The minimum Gasteiger partial charge on any atom is -0.390 e. The van der Waals surface area contributed by atoms with Gasteiger partial charge in [0.1, 0.15) is 0 Å². The van der Waals surface area contributed by atoms with Crippen LogP contribution in [0.3, 0.4) is 0 Å². The summed E-state index contributed by atoms with van der Waals surface area (Å²) in [5.74, 6) is 0.367. The van der Waals surface area contributed by atoms with E-state index in [0.29, 0.717) is 5.92 Å². The van der Waals surface area contributed by atoms with Crippen LogP contribution in [-0.4, -0.2) is 37.5 Å². The zero-order valence-corrected chi connectivity index (χ0v) is 10.7. The van der Waals surface area contributed by atoms with Crippen molar-refractivity contribution >= 4 is 0 Å². The Morgan fingerprint density at radius 2 is 2.07 bits per heavy atom. The Morgan fingerprint density at radius 1 is 1.40 bits per heavy atom. The molecule has 0 aliphatic rings. The summed E-state index contributed by atoms with van der Waals surface area (Å²) in [6, 6.07) is 0. The number of ether oxygens (including phenoxy) is 1. The molecule has 0 spiro atoms. The van der Waals surface area contributed by atoms with E-state index in [2.05, 4.69) is 19.2 Å². The molecule has 2 unspecified atom stereocenters. The second kappa shape index (κ2) is 8.08. The van der Waals surface area contributed by atoms with Crippen LogP contribution in [0.5, 0.6) is 0 Å². The molecule has 2 atom stereocenters. The Morgan fingerprint density at radius 3 is 2.60 bits per heavy atom. The number of methoxy groups -OCH3 is 1. The maximum atomic E-state index is 10.2. The zero-order chi connectivity index (χ0) is 11.7. The van der Waals surface area contributed by atoms with E-state index in [9.17, 15) is 5.11 Å². The first-order valence-corrected chi connectivity index (χ1v) is 5.96. The largest absolute Gasteiger partial charge is 0.390 e. The summed E-state index contributed by atoms with van der Waals surface area (Å²) in [4.78, 5) is 0. The third kappa shape index (κ3) is 6.88. The van der Waals surface area contributed by atoms with Crippen molar-refractivity contribution in [2.24, 2.45) is 5.92 Å². The summed E-state index contributed by atoms with van der Waals surface area (Å²) in [5, 5.41) is 13.5. The molecule has 0 bridgehead atoms. The molecule has 92 valence electrons. The Labute approximate surface area is 94.2 Å². The first kappa shape index (κ1) is 14.9. The second-order valence-electron chi connectivity index (χ2n) is 4.54. The van der Waals surface area contributed by atoms with Crippen LogP contribution in [0.4, 0.5) is 0 Å². The summed E-state index contributed by atoms with van der Waals surface area (Å²) >= 11 is 0. The summed E-state index contributed by atoms with van der Waals surface area (Å²) in [6.07, 6.45) is 3.03. The molecule has 0 amide bonds. The van der Waals surface area contributed by atoms with Crippen LogP contribution in [0.1, 0.15) is 40.0 Å². The standard InChI is InChI=1S/C12H27NO2/c1-5-6-11(2)12(3,14)7-8-13-9-10-15-4/h11,13-14H,5-10H2,1-4H3. The molecule has 0 fully saturated rings. The summed E-state index contributed by atoms with van der Waals surface area (Å²) in [5.41, 5.74) is -0.546. The first-order valence-electron chi connectivity index (χ1n) is 5.96. The van der Waals surface area contributed by atoms with Gasteiger partial charge in [0.15, 0.2) is 0 Å². The molecule has 0 saturated heterocycles. The van der Waals surface area contributed by atoms with Gasteiger partial charge in [-0.1, -0.05) is 20.3 Å². The Balaban J connectivity index is 3.63. The fourth-order valence-electron chi connectivity index (χ4n) is 1.63. The van der Waals surface area contributed by atoms with Gasteiger partial charge in [0.2, 0.25) is 0 Å². The van der Waals surface area contributed by atoms with Crippen molar-refractivity contribution in [2.45, 2.75) is 45.6 Å². The minimum atomic E-state index is -0.546. The zero-order valence-electron chi connectivity index (χ0n) is 10.7. The lowest BCUT2D eigenvalue weighted by Crippen LogP contribution is -2.36. The van der Waals surface area contributed by atoms with Gasteiger partial charge in [-0.25, -0.2) is 0 Å². The first-order chi connectivity index (χ1) is 7.04. The lowest BCUT2D eigenvalue weighted by Gasteiger charge is -2.30. The van der Waals surface area contributed by atoms with E-state index < -0.39 is 5.60 Å². The number of hydrogen-bond donors (Lipinski definition) is 2. The minimum absolute atomic E-state index is 0.367. The van der Waals surface area contributed by atoms with E-state index in [1.165, 1.54) is 0 Å². The fraction of sp³-hybridized carbons (Fsp3) is 1.00. The number of aliphatic hydroxyl groups is 1. The topological polar surface area (TPSA) is 41.5 Å². The highest BCUT2D eigenvalue weighted by Crippen LogP contribution is 2.24. The van der Waals surface area contributed by atoms with Crippen molar-refractivity contribution in [2.75, 3.05) is 26.8 Å². The van der Waals surface area contributed by atoms with Crippen LogP contribution in [0.2, 0.25) is 0 Å². The van der Waals surface area contributed by atoms with E-state index >= 15 is 0 Å². The molecule has 0 rings (SSSR count). The quantitative estimate of drug-likeness (QED) is 0.579. The maximum absolute atomic E-state index is 10.2. The summed E-state index contributed by atoms with van der Waals surface area (Å²) < 4.78 is 4.94. The molecule has 3 heteroatoms. The molecule has 0 aliphatic carbocycles. The van der Waals surface area contributed by atoms with Crippen LogP contribution >= 0.6 is 0 Å². The third-order valence-corrected chi connectivity index (χ3v) is 3.07. The van der Waals surface area contributed by atoms with Crippen molar-refractivity contribution in [3.05, 3.63) is 0 Å². The van der Waals surface area contributed by atoms with E-state index in [4.69, 9.17) is 4.74 Å². The Hall–Kier alpha value is -0.120. The lowest BCUT2D eigenvalue weighted by molar-refractivity contribution is -0.00496. The van der Waals surface area contributed by atoms with Gasteiger partial charge in [0.25, 0.3) is 0 Å². The van der Waals surface area contributed by atoms with Crippen molar-refractivity contribution < 1.29 is 9.84 Å². The van der Waals surface area contributed by atoms with E-state index in [0.717, 1.165) is 39.0 Å². The molecule has 0 heterocycles. The molecule has 15 heavy (non-hydrogen) atoms. The highest BCUT2D eigenvalue weighted by atomic mass is 16.5. The molecule has 3 nitrogen and oxygen atoms in total. The van der Waals surface area contributed by atoms with Crippen molar-refractivity contribution in [3.8, 4) is 0 Å². The van der Waals surface area contributed by atoms with Gasteiger partial charge < -0.3 is 15.2 Å². The fourth-order valence-corrected chi connectivity index (χ4v) is 1.63. The average Bonchev–Trinajstić information content (AvgIpc) is 2.18. The summed E-state index contributed by atoms with van der Waals surface area (Å²) in [7, 11) is 1.70. The van der Waals surface area contributed by atoms with Crippen LogP contribution in [0, 0.1) is 5.92 Å². The molecule has 0 aliphatic heterocycles. The highest BCUT2D eigenvalue weighted by molar-refractivity contribution is 4.79. The maximum Gasteiger partial charge on any atom is 0.0657 e. The Bertz CT molecular complexity index is 149. The smallest absolute Gasteiger partial charge is 0.0657 e. The lowest BCUT2D eigenvalue weighted by atomic mass is 9.85. The van der Waals surface area contributed by atoms with Gasteiger partial charge in [-0.15, -0.1) is 0 Å². The van der Waals surface area contributed by atoms with Crippen molar-refractivity contribution in [1.82, 2.24) is 5.32 Å². The number of rotatable bonds is 9. The molecular formula is C12H27NO2. The second-order valence-corrected chi connectivity index (χ2v) is 4.54. The third-order valence-electron chi connectivity index (χ3n) is 3.07.